The van der Waals surface area contributed by atoms with Gasteiger partial charge in [-0.1, -0.05) is 0 Å². The van der Waals surface area contributed by atoms with Gasteiger partial charge in [-0.25, -0.2) is 4.98 Å². The lowest BCUT2D eigenvalue weighted by Crippen LogP contribution is -2.20. The number of thiazole rings is 1. The number of nitro groups is 1. The van der Waals surface area contributed by atoms with Crippen molar-refractivity contribution in [1.82, 2.24) is 4.98 Å². The highest BCUT2D eigenvalue weighted by molar-refractivity contribution is 7.18. The number of fused-ring (bicyclic) bond motifs is 1. The summed E-state index contributed by atoms with van der Waals surface area (Å²) in [4.78, 5) is 15.2. The smallest absolute Gasteiger partial charge is 0.293 e. The summed E-state index contributed by atoms with van der Waals surface area (Å²) in [7, 11) is 0. The quantitative estimate of drug-likeness (QED) is 0.653. The van der Waals surface area contributed by atoms with Crippen molar-refractivity contribution in [2.75, 3.05) is 18.5 Å². The van der Waals surface area contributed by atoms with Gasteiger partial charge in [0.2, 0.25) is 0 Å². The van der Waals surface area contributed by atoms with Crippen LogP contribution in [0.4, 0.5) is 11.4 Å². The Hall–Kier alpha value is -1.73. The second-order valence-electron chi connectivity index (χ2n) is 4.47. The second kappa shape index (κ2) is 6.15. The van der Waals surface area contributed by atoms with Crippen molar-refractivity contribution in [2.24, 2.45) is 0 Å². The van der Waals surface area contributed by atoms with Crippen LogP contribution in [0.5, 0.6) is 0 Å². The molecular formula is C13H17N3O3S. The zero-order chi connectivity index (χ0) is 14.7. The molecule has 6 nitrogen and oxygen atoms in total. The SMILES string of the molecule is CCOC(C)CNc1cc2nc(C)sc2cc1[N+](=O)[O-]. The fourth-order valence-electron chi connectivity index (χ4n) is 1.97. The molecule has 0 aliphatic carbocycles. The van der Waals surface area contributed by atoms with E-state index in [-0.39, 0.29) is 16.7 Å². The van der Waals surface area contributed by atoms with E-state index in [1.54, 1.807) is 12.1 Å². The normalized spacial score (nSPS) is 12.6. The number of ether oxygens (including phenoxy) is 1. The summed E-state index contributed by atoms with van der Waals surface area (Å²) in [6.07, 6.45) is -0.00697. The Labute approximate surface area is 120 Å². The monoisotopic (exact) mass is 295 g/mol. The number of rotatable bonds is 6. The molecule has 1 aromatic heterocycles. The van der Waals surface area contributed by atoms with Crippen LogP contribution in [0.15, 0.2) is 12.1 Å². The molecule has 0 saturated heterocycles. The molecule has 0 aliphatic heterocycles. The zero-order valence-electron chi connectivity index (χ0n) is 11.7. The van der Waals surface area contributed by atoms with E-state index in [9.17, 15) is 10.1 Å². The van der Waals surface area contributed by atoms with Gasteiger partial charge in [-0.15, -0.1) is 11.3 Å². The predicted octanol–water partition coefficient (Wildman–Crippen LogP) is 3.35. The zero-order valence-corrected chi connectivity index (χ0v) is 12.5. The number of nitrogens with one attached hydrogen (secondary N) is 1. The third-order valence-corrected chi connectivity index (χ3v) is 3.77. The summed E-state index contributed by atoms with van der Waals surface area (Å²) >= 11 is 1.46. The molecule has 1 unspecified atom stereocenters. The molecule has 0 aliphatic rings. The molecule has 0 radical (unpaired) electrons. The molecule has 2 aromatic rings. The van der Waals surface area contributed by atoms with Gasteiger partial charge in [0.15, 0.2) is 0 Å². The largest absolute Gasteiger partial charge is 0.377 e. The standard InChI is InChI=1S/C13H17N3O3S/c1-4-19-8(2)7-14-10-5-11-13(20-9(3)15-11)6-12(10)16(17)18/h5-6,8,14H,4,7H2,1-3H3. The Balaban J connectivity index is 2.29. The van der Waals surface area contributed by atoms with Crippen molar-refractivity contribution in [3.8, 4) is 0 Å². The van der Waals surface area contributed by atoms with Gasteiger partial charge >= 0.3 is 0 Å². The van der Waals surface area contributed by atoms with Crippen molar-refractivity contribution >= 4 is 32.9 Å². The summed E-state index contributed by atoms with van der Waals surface area (Å²) in [5.41, 5.74) is 1.34. The Morgan fingerprint density at radius 3 is 2.95 bits per heavy atom. The average Bonchev–Trinajstić information content (AvgIpc) is 2.74. The maximum atomic E-state index is 11.2. The number of nitro benzene ring substituents is 1. The summed E-state index contributed by atoms with van der Waals surface area (Å²) in [5.74, 6) is 0. The van der Waals surface area contributed by atoms with Gasteiger partial charge < -0.3 is 10.1 Å². The van der Waals surface area contributed by atoms with Crippen LogP contribution in [-0.2, 0) is 4.74 Å². The van der Waals surface area contributed by atoms with E-state index in [0.717, 1.165) is 15.2 Å². The van der Waals surface area contributed by atoms with Crippen LogP contribution in [-0.4, -0.2) is 29.2 Å². The molecule has 0 spiro atoms. The molecule has 20 heavy (non-hydrogen) atoms. The first-order chi connectivity index (χ1) is 9.51. The van der Waals surface area contributed by atoms with E-state index in [0.29, 0.717) is 18.8 Å². The van der Waals surface area contributed by atoms with Gasteiger partial charge in [-0.3, -0.25) is 10.1 Å². The molecule has 0 bridgehead atoms. The van der Waals surface area contributed by atoms with Crippen LogP contribution >= 0.6 is 11.3 Å². The van der Waals surface area contributed by atoms with Crippen LogP contribution in [0.1, 0.15) is 18.9 Å². The fourth-order valence-corrected chi connectivity index (χ4v) is 2.81. The third-order valence-electron chi connectivity index (χ3n) is 2.84. The van der Waals surface area contributed by atoms with Crippen LogP contribution < -0.4 is 5.32 Å². The Morgan fingerprint density at radius 1 is 1.55 bits per heavy atom. The van der Waals surface area contributed by atoms with Crippen LogP contribution in [0.25, 0.3) is 10.2 Å². The Morgan fingerprint density at radius 2 is 2.30 bits per heavy atom. The maximum Gasteiger partial charge on any atom is 0.293 e. The predicted molar refractivity (Wildman–Crippen MR) is 80.6 cm³/mol. The van der Waals surface area contributed by atoms with Gasteiger partial charge in [0.1, 0.15) is 5.69 Å². The van der Waals surface area contributed by atoms with E-state index in [1.165, 1.54) is 11.3 Å². The molecule has 1 heterocycles. The Kier molecular flexibility index (Phi) is 4.51. The number of aryl methyl sites for hydroxylation is 1. The highest BCUT2D eigenvalue weighted by Crippen LogP contribution is 2.32. The van der Waals surface area contributed by atoms with Crippen molar-refractivity contribution in [3.63, 3.8) is 0 Å². The van der Waals surface area contributed by atoms with Gasteiger partial charge in [-0.05, 0) is 26.8 Å². The molecule has 1 N–H and O–H groups in total. The first-order valence-corrected chi connectivity index (χ1v) is 7.24. The molecule has 0 fully saturated rings. The van der Waals surface area contributed by atoms with Crippen molar-refractivity contribution < 1.29 is 9.66 Å². The number of anilines is 1. The van der Waals surface area contributed by atoms with Crippen LogP contribution in [0.2, 0.25) is 0 Å². The highest BCUT2D eigenvalue weighted by atomic mass is 32.1. The van der Waals surface area contributed by atoms with Crippen molar-refractivity contribution in [3.05, 3.63) is 27.3 Å². The fraction of sp³-hybridized carbons (Fsp3) is 0.462. The molecule has 0 amide bonds. The lowest BCUT2D eigenvalue weighted by atomic mass is 10.2. The van der Waals surface area contributed by atoms with Gasteiger partial charge in [-0.2, -0.15) is 0 Å². The highest BCUT2D eigenvalue weighted by Gasteiger charge is 2.17. The van der Waals surface area contributed by atoms with Gasteiger partial charge in [0, 0.05) is 19.2 Å². The number of benzene rings is 1. The first-order valence-electron chi connectivity index (χ1n) is 6.42. The van der Waals surface area contributed by atoms with E-state index >= 15 is 0 Å². The van der Waals surface area contributed by atoms with E-state index < -0.39 is 0 Å². The first kappa shape index (κ1) is 14.7. The molecular weight excluding hydrogens is 278 g/mol. The van der Waals surface area contributed by atoms with Gasteiger partial charge in [0.25, 0.3) is 5.69 Å². The molecule has 0 saturated carbocycles. The van der Waals surface area contributed by atoms with E-state index in [4.69, 9.17) is 4.74 Å². The van der Waals surface area contributed by atoms with Crippen molar-refractivity contribution in [1.29, 1.82) is 0 Å². The molecule has 1 atom stereocenters. The molecule has 7 heteroatoms. The molecule has 108 valence electrons. The minimum Gasteiger partial charge on any atom is -0.377 e. The van der Waals surface area contributed by atoms with Gasteiger partial charge in [0.05, 0.1) is 26.3 Å². The summed E-state index contributed by atoms with van der Waals surface area (Å²) < 4.78 is 6.24. The molecule has 1 aromatic carbocycles. The van der Waals surface area contributed by atoms with E-state index in [2.05, 4.69) is 10.3 Å². The number of hydrogen-bond acceptors (Lipinski definition) is 6. The maximum absolute atomic E-state index is 11.2. The van der Waals surface area contributed by atoms with Crippen LogP contribution in [0.3, 0.4) is 0 Å². The second-order valence-corrected chi connectivity index (χ2v) is 5.71. The minimum absolute atomic E-state index is 0.00697. The summed E-state index contributed by atoms with van der Waals surface area (Å²) in [6.45, 7) is 6.87. The lowest BCUT2D eigenvalue weighted by molar-refractivity contribution is -0.383. The number of hydrogen-bond donors (Lipinski definition) is 1. The minimum atomic E-state index is -0.373. The van der Waals surface area contributed by atoms with Crippen molar-refractivity contribution in [2.45, 2.75) is 26.9 Å². The summed E-state index contributed by atoms with van der Waals surface area (Å²) in [5, 5.41) is 15.1. The van der Waals surface area contributed by atoms with Crippen LogP contribution in [0, 0.1) is 17.0 Å². The lowest BCUT2D eigenvalue weighted by Gasteiger charge is -2.13. The van der Waals surface area contributed by atoms with E-state index in [1.807, 2.05) is 20.8 Å². The topological polar surface area (TPSA) is 77.3 Å². The Bertz CT molecular complexity index is 627. The third kappa shape index (κ3) is 3.23. The summed E-state index contributed by atoms with van der Waals surface area (Å²) in [6, 6.07) is 3.31. The molecule has 2 rings (SSSR count). The average molecular weight is 295 g/mol. The number of nitrogens with zero attached hydrogens (tertiary/aromatic N) is 2. The number of aromatic nitrogens is 1.